The standard InChI is InChI=1S/C27H29N3O5S3/c1-3-34-22-10-6-21(7-11-22)30(38(32,33)26-14-12-25(36-2)13-15-26)17-27(31)29-28-16-20-4-8-23(9-5-20)35-24-18-37-19-24/h4-16,24H,3,17-19H2,1-2H3,(H,29,31)/b28-16-. The van der Waals surface area contributed by atoms with Gasteiger partial charge in [-0.05, 0) is 91.5 Å². The van der Waals surface area contributed by atoms with E-state index in [4.69, 9.17) is 9.47 Å². The van der Waals surface area contributed by atoms with E-state index in [1.165, 1.54) is 30.1 Å². The minimum atomic E-state index is -4.03. The quantitative estimate of drug-likeness (QED) is 0.192. The topological polar surface area (TPSA) is 97.3 Å². The van der Waals surface area contributed by atoms with Crippen LogP contribution < -0.4 is 19.2 Å². The lowest BCUT2D eigenvalue weighted by molar-refractivity contribution is -0.119. The third-order valence-electron chi connectivity index (χ3n) is 5.56. The molecule has 0 atom stereocenters. The summed E-state index contributed by atoms with van der Waals surface area (Å²) >= 11 is 3.37. The van der Waals surface area contributed by atoms with Crippen molar-refractivity contribution in [3.05, 3.63) is 78.4 Å². The van der Waals surface area contributed by atoms with E-state index in [0.29, 0.717) is 18.0 Å². The Bertz CT molecular complexity index is 1340. The zero-order valence-electron chi connectivity index (χ0n) is 21.1. The van der Waals surface area contributed by atoms with Crippen LogP contribution in [0.2, 0.25) is 0 Å². The fourth-order valence-corrected chi connectivity index (χ4v) is 5.91. The number of nitrogens with one attached hydrogen (secondary N) is 1. The summed E-state index contributed by atoms with van der Waals surface area (Å²) in [6.07, 6.45) is 3.67. The molecule has 1 aliphatic rings. The first-order valence-corrected chi connectivity index (χ1v) is 15.8. The Morgan fingerprint density at radius 1 is 1.05 bits per heavy atom. The monoisotopic (exact) mass is 571 g/mol. The molecule has 1 fully saturated rings. The smallest absolute Gasteiger partial charge is 0.264 e. The van der Waals surface area contributed by atoms with E-state index in [9.17, 15) is 13.2 Å². The van der Waals surface area contributed by atoms with Crippen LogP contribution in [0.4, 0.5) is 5.69 Å². The number of hydrogen-bond donors (Lipinski definition) is 1. The van der Waals surface area contributed by atoms with Gasteiger partial charge in [0.2, 0.25) is 0 Å². The first kappa shape index (κ1) is 27.9. The molecule has 0 aromatic heterocycles. The van der Waals surface area contributed by atoms with Gasteiger partial charge in [-0.2, -0.15) is 16.9 Å². The molecule has 8 nitrogen and oxygen atoms in total. The molecule has 0 bridgehead atoms. The Morgan fingerprint density at radius 3 is 2.29 bits per heavy atom. The Kier molecular flexibility index (Phi) is 9.59. The number of hydrogen-bond acceptors (Lipinski definition) is 8. The van der Waals surface area contributed by atoms with Crippen LogP contribution in [0.3, 0.4) is 0 Å². The van der Waals surface area contributed by atoms with E-state index in [1.54, 1.807) is 36.4 Å². The minimum Gasteiger partial charge on any atom is -0.494 e. The van der Waals surface area contributed by atoms with Gasteiger partial charge in [0.15, 0.2) is 0 Å². The van der Waals surface area contributed by atoms with Crippen LogP contribution in [-0.2, 0) is 14.8 Å². The fourth-order valence-electron chi connectivity index (χ4n) is 3.52. The second kappa shape index (κ2) is 13.1. The van der Waals surface area contributed by atoms with Crippen LogP contribution in [0.5, 0.6) is 11.5 Å². The van der Waals surface area contributed by atoms with Crippen LogP contribution in [-0.4, -0.2) is 57.6 Å². The minimum absolute atomic E-state index is 0.0864. The van der Waals surface area contributed by atoms with Crippen LogP contribution >= 0.6 is 23.5 Å². The first-order valence-electron chi connectivity index (χ1n) is 11.9. The van der Waals surface area contributed by atoms with Gasteiger partial charge >= 0.3 is 0 Å². The average Bonchev–Trinajstić information content (AvgIpc) is 2.91. The molecule has 1 heterocycles. The molecule has 4 rings (SSSR count). The van der Waals surface area contributed by atoms with Crippen molar-refractivity contribution < 1.29 is 22.7 Å². The third kappa shape index (κ3) is 7.24. The van der Waals surface area contributed by atoms with Crippen molar-refractivity contribution in [3.8, 4) is 11.5 Å². The average molecular weight is 572 g/mol. The van der Waals surface area contributed by atoms with Gasteiger partial charge in [-0.25, -0.2) is 13.8 Å². The van der Waals surface area contributed by atoms with E-state index in [0.717, 1.165) is 32.0 Å². The van der Waals surface area contributed by atoms with Crippen molar-refractivity contribution in [1.82, 2.24) is 5.43 Å². The fraction of sp³-hybridized carbons (Fsp3) is 0.259. The summed E-state index contributed by atoms with van der Waals surface area (Å²) in [5, 5.41) is 4.01. The van der Waals surface area contributed by atoms with Crippen molar-refractivity contribution in [3.63, 3.8) is 0 Å². The number of carbonyl (C=O) groups is 1. The molecule has 1 amide bonds. The van der Waals surface area contributed by atoms with E-state index < -0.39 is 22.5 Å². The lowest BCUT2D eigenvalue weighted by Gasteiger charge is -2.25. The number of hydrazone groups is 1. The molecule has 0 unspecified atom stereocenters. The number of rotatable bonds is 12. The Balaban J connectivity index is 1.47. The maximum atomic E-state index is 13.6. The van der Waals surface area contributed by atoms with Gasteiger partial charge in [0.1, 0.15) is 24.1 Å². The first-order chi connectivity index (χ1) is 18.4. The SMILES string of the molecule is CCOc1ccc(N(CC(=O)N/N=C\c2ccc(OC3CSC3)cc2)S(=O)(=O)c2ccc(SC)cc2)cc1. The predicted molar refractivity (Wildman–Crippen MR) is 154 cm³/mol. The molecule has 0 aliphatic carbocycles. The van der Waals surface area contributed by atoms with Gasteiger partial charge in [-0.3, -0.25) is 9.10 Å². The molecule has 1 saturated heterocycles. The summed E-state index contributed by atoms with van der Waals surface area (Å²) in [5.74, 6) is 2.82. The molecule has 0 saturated carbocycles. The molecule has 0 spiro atoms. The highest BCUT2D eigenvalue weighted by molar-refractivity contribution is 8.00. The van der Waals surface area contributed by atoms with Crippen molar-refractivity contribution in [1.29, 1.82) is 0 Å². The van der Waals surface area contributed by atoms with Crippen molar-refractivity contribution in [2.24, 2.45) is 5.10 Å². The molecule has 200 valence electrons. The van der Waals surface area contributed by atoms with Crippen LogP contribution in [0.15, 0.2) is 87.7 Å². The van der Waals surface area contributed by atoms with Gasteiger partial charge in [-0.1, -0.05) is 0 Å². The summed E-state index contributed by atoms with van der Waals surface area (Å²) < 4.78 is 39.5. The Morgan fingerprint density at radius 2 is 1.71 bits per heavy atom. The summed E-state index contributed by atoms with van der Waals surface area (Å²) in [6.45, 7) is 1.90. The number of ether oxygens (including phenoxy) is 2. The Labute approximate surface area is 231 Å². The van der Waals surface area contributed by atoms with Crippen LogP contribution in [0.25, 0.3) is 0 Å². The maximum absolute atomic E-state index is 13.6. The van der Waals surface area contributed by atoms with Gasteiger partial charge in [-0.15, -0.1) is 11.8 Å². The van der Waals surface area contributed by atoms with Crippen molar-refractivity contribution in [2.45, 2.75) is 22.8 Å². The molecule has 1 aliphatic heterocycles. The lowest BCUT2D eigenvalue weighted by Crippen LogP contribution is -2.39. The largest absolute Gasteiger partial charge is 0.494 e. The second-order valence-corrected chi connectivity index (χ2v) is 12.1. The maximum Gasteiger partial charge on any atom is 0.264 e. The van der Waals surface area contributed by atoms with E-state index in [2.05, 4.69) is 10.5 Å². The van der Waals surface area contributed by atoms with E-state index in [1.807, 2.05) is 49.2 Å². The lowest BCUT2D eigenvalue weighted by atomic mass is 10.2. The summed E-state index contributed by atoms with van der Waals surface area (Å²) in [4.78, 5) is 13.8. The highest BCUT2D eigenvalue weighted by Gasteiger charge is 2.27. The number of sulfonamides is 1. The molecule has 3 aromatic rings. The highest BCUT2D eigenvalue weighted by atomic mass is 32.2. The van der Waals surface area contributed by atoms with Gasteiger partial charge < -0.3 is 9.47 Å². The molecule has 1 N–H and O–H groups in total. The molecule has 3 aromatic carbocycles. The molecular weight excluding hydrogens is 543 g/mol. The number of nitrogens with zero attached hydrogens (tertiary/aromatic N) is 2. The second-order valence-electron chi connectivity index (χ2n) is 8.25. The molecule has 38 heavy (non-hydrogen) atoms. The predicted octanol–water partition coefficient (Wildman–Crippen LogP) is 4.65. The van der Waals surface area contributed by atoms with E-state index in [-0.39, 0.29) is 11.0 Å². The molecule has 0 radical (unpaired) electrons. The summed E-state index contributed by atoms with van der Waals surface area (Å²) in [5.41, 5.74) is 3.54. The summed E-state index contributed by atoms with van der Waals surface area (Å²) in [7, 11) is -4.03. The van der Waals surface area contributed by atoms with Crippen LogP contribution in [0, 0.1) is 0 Å². The number of benzene rings is 3. The van der Waals surface area contributed by atoms with Crippen molar-refractivity contribution >= 4 is 51.4 Å². The number of anilines is 1. The number of amides is 1. The van der Waals surface area contributed by atoms with Gasteiger partial charge in [0.25, 0.3) is 15.9 Å². The number of thioether (sulfide) groups is 2. The normalized spacial score (nSPS) is 13.6. The number of carbonyl (C=O) groups excluding carboxylic acids is 1. The zero-order valence-corrected chi connectivity index (χ0v) is 23.5. The third-order valence-corrected chi connectivity index (χ3v) is 9.31. The molecular formula is C27H29N3O5S3. The highest BCUT2D eigenvalue weighted by Crippen LogP contribution is 2.27. The van der Waals surface area contributed by atoms with E-state index >= 15 is 0 Å². The summed E-state index contributed by atoms with van der Waals surface area (Å²) in [6, 6.07) is 20.5. The van der Waals surface area contributed by atoms with Crippen LogP contribution in [0.1, 0.15) is 12.5 Å². The Hall–Kier alpha value is -3.15. The molecule has 11 heteroatoms. The zero-order chi connectivity index (χ0) is 27.0. The van der Waals surface area contributed by atoms with Gasteiger partial charge in [0.05, 0.1) is 23.4 Å². The van der Waals surface area contributed by atoms with Gasteiger partial charge in [0, 0.05) is 16.4 Å². The van der Waals surface area contributed by atoms with Crippen molar-refractivity contribution in [2.75, 3.05) is 35.2 Å².